The van der Waals surface area contributed by atoms with E-state index in [2.05, 4.69) is 120 Å². The fraction of sp³-hybridized carbons (Fsp3) is 0.0938. The number of fused-ring (bicyclic) bond motifs is 5. The molecule has 4 aromatic carbocycles. The Morgan fingerprint density at radius 2 is 1.29 bits per heavy atom. The van der Waals surface area contributed by atoms with Crippen LogP contribution in [0.3, 0.4) is 0 Å². The molecule has 0 saturated carbocycles. The predicted molar refractivity (Wildman–Crippen MR) is 142 cm³/mol. The van der Waals surface area contributed by atoms with Gasteiger partial charge in [0.1, 0.15) is 0 Å². The molecule has 0 amide bonds. The normalized spacial score (nSPS) is 13.8. The Kier molecular flexibility index (Phi) is 3.93. The molecule has 1 aliphatic heterocycles. The molecule has 3 heterocycles. The molecule has 0 saturated heterocycles. The SMILES string of the molecule is CC1(C)c2ccncc2-n2c3ccc(-c4ccccc4)cc3c3cc(-c4ccccc4)cc1c32. The quantitative estimate of drug-likeness (QED) is 0.268. The van der Waals surface area contributed by atoms with Gasteiger partial charge in [0.15, 0.2) is 0 Å². The highest BCUT2D eigenvalue weighted by Gasteiger charge is 2.35. The maximum absolute atomic E-state index is 4.52. The van der Waals surface area contributed by atoms with E-state index in [1.807, 2.05) is 12.4 Å². The summed E-state index contributed by atoms with van der Waals surface area (Å²) in [5.41, 5.74) is 11.2. The van der Waals surface area contributed by atoms with E-state index in [1.54, 1.807) is 0 Å². The molecule has 2 aromatic heterocycles. The molecule has 0 fully saturated rings. The highest BCUT2D eigenvalue weighted by molar-refractivity contribution is 6.13. The van der Waals surface area contributed by atoms with Crippen LogP contribution in [0, 0.1) is 0 Å². The Bertz CT molecular complexity index is 1710. The van der Waals surface area contributed by atoms with Crippen molar-refractivity contribution in [3.63, 3.8) is 0 Å². The Balaban J connectivity index is 1.65. The number of aromatic nitrogens is 2. The van der Waals surface area contributed by atoms with Crippen molar-refractivity contribution in [2.75, 3.05) is 0 Å². The molecule has 162 valence electrons. The van der Waals surface area contributed by atoms with Gasteiger partial charge in [-0.3, -0.25) is 4.98 Å². The van der Waals surface area contributed by atoms with Gasteiger partial charge in [-0.2, -0.15) is 0 Å². The van der Waals surface area contributed by atoms with Crippen LogP contribution in [0.4, 0.5) is 0 Å². The molecule has 1 aliphatic rings. The van der Waals surface area contributed by atoms with E-state index < -0.39 is 0 Å². The van der Waals surface area contributed by atoms with Gasteiger partial charge >= 0.3 is 0 Å². The van der Waals surface area contributed by atoms with Crippen LogP contribution in [-0.4, -0.2) is 9.55 Å². The topological polar surface area (TPSA) is 17.8 Å². The van der Waals surface area contributed by atoms with E-state index in [0.717, 1.165) is 0 Å². The Labute approximate surface area is 199 Å². The van der Waals surface area contributed by atoms with E-state index in [9.17, 15) is 0 Å². The molecule has 0 aliphatic carbocycles. The van der Waals surface area contributed by atoms with Crippen LogP contribution in [0.1, 0.15) is 25.0 Å². The first kappa shape index (κ1) is 19.3. The average Bonchev–Trinajstić information content (AvgIpc) is 3.22. The molecule has 2 heteroatoms. The molecule has 0 spiro atoms. The molecule has 0 atom stereocenters. The lowest BCUT2D eigenvalue weighted by atomic mass is 9.74. The summed E-state index contributed by atoms with van der Waals surface area (Å²) < 4.78 is 2.43. The summed E-state index contributed by atoms with van der Waals surface area (Å²) in [4.78, 5) is 4.52. The molecular formula is C32H24N2. The van der Waals surface area contributed by atoms with Crippen molar-refractivity contribution in [1.82, 2.24) is 9.55 Å². The van der Waals surface area contributed by atoms with Crippen molar-refractivity contribution < 1.29 is 0 Å². The molecule has 34 heavy (non-hydrogen) atoms. The Hall–Kier alpha value is -4.17. The second-order valence-electron chi connectivity index (χ2n) is 9.74. The van der Waals surface area contributed by atoms with Crippen molar-refractivity contribution in [2.45, 2.75) is 19.3 Å². The fourth-order valence-electron chi connectivity index (χ4n) is 5.72. The Morgan fingerprint density at radius 1 is 0.618 bits per heavy atom. The van der Waals surface area contributed by atoms with Gasteiger partial charge in [0.05, 0.1) is 22.9 Å². The molecule has 6 aromatic rings. The summed E-state index contributed by atoms with van der Waals surface area (Å²) in [6.45, 7) is 4.68. The van der Waals surface area contributed by atoms with Crippen molar-refractivity contribution in [2.24, 2.45) is 0 Å². The van der Waals surface area contributed by atoms with Crippen LogP contribution < -0.4 is 0 Å². The van der Waals surface area contributed by atoms with Crippen LogP contribution in [-0.2, 0) is 5.41 Å². The standard InChI is InChI=1S/C32H24N2/c1-32(2)27-15-16-33-20-30(27)34-29-14-13-23(21-9-5-3-6-10-21)17-25(29)26-18-24(19-28(32)31(26)34)22-11-7-4-8-12-22/h3-20H,1-2H3. The first-order valence-corrected chi connectivity index (χ1v) is 11.8. The zero-order chi connectivity index (χ0) is 22.9. The minimum atomic E-state index is -0.131. The average molecular weight is 437 g/mol. The number of hydrogen-bond donors (Lipinski definition) is 0. The van der Waals surface area contributed by atoms with E-state index in [4.69, 9.17) is 0 Å². The van der Waals surface area contributed by atoms with Crippen LogP contribution in [0.5, 0.6) is 0 Å². The summed E-state index contributed by atoms with van der Waals surface area (Å²) in [7, 11) is 0. The van der Waals surface area contributed by atoms with E-state index in [1.165, 1.54) is 60.9 Å². The summed E-state index contributed by atoms with van der Waals surface area (Å²) in [6, 6.07) is 35.2. The molecule has 0 radical (unpaired) electrons. The van der Waals surface area contributed by atoms with Gasteiger partial charge in [0.2, 0.25) is 0 Å². The third kappa shape index (κ3) is 2.60. The van der Waals surface area contributed by atoms with E-state index in [0.29, 0.717) is 0 Å². The number of benzene rings is 4. The summed E-state index contributed by atoms with van der Waals surface area (Å²) >= 11 is 0. The van der Waals surface area contributed by atoms with Crippen molar-refractivity contribution >= 4 is 21.8 Å². The molecular weight excluding hydrogens is 412 g/mol. The zero-order valence-corrected chi connectivity index (χ0v) is 19.3. The first-order chi connectivity index (χ1) is 16.6. The number of nitrogens with zero attached hydrogens (tertiary/aromatic N) is 2. The zero-order valence-electron chi connectivity index (χ0n) is 19.3. The predicted octanol–water partition coefficient (Wildman–Crippen LogP) is 8.15. The molecule has 2 nitrogen and oxygen atoms in total. The number of hydrogen-bond acceptors (Lipinski definition) is 1. The van der Waals surface area contributed by atoms with E-state index >= 15 is 0 Å². The third-order valence-corrected chi connectivity index (χ3v) is 7.46. The lowest BCUT2D eigenvalue weighted by Crippen LogP contribution is -2.26. The van der Waals surface area contributed by atoms with Gasteiger partial charge in [0.25, 0.3) is 0 Å². The van der Waals surface area contributed by atoms with Crippen LogP contribution >= 0.6 is 0 Å². The smallest absolute Gasteiger partial charge is 0.0686 e. The highest BCUT2D eigenvalue weighted by atomic mass is 15.0. The first-order valence-electron chi connectivity index (χ1n) is 11.8. The maximum Gasteiger partial charge on any atom is 0.0686 e. The van der Waals surface area contributed by atoms with Crippen LogP contribution in [0.25, 0.3) is 49.7 Å². The minimum Gasteiger partial charge on any atom is -0.307 e. The van der Waals surface area contributed by atoms with Crippen molar-refractivity contribution in [3.8, 4) is 27.9 Å². The van der Waals surface area contributed by atoms with Gasteiger partial charge in [-0.15, -0.1) is 0 Å². The minimum absolute atomic E-state index is 0.131. The van der Waals surface area contributed by atoms with Gasteiger partial charge in [0, 0.05) is 22.4 Å². The molecule has 0 unspecified atom stereocenters. The fourth-order valence-corrected chi connectivity index (χ4v) is 5.72. The van der Waals surface area contributed by atoms with Crippen molar-refractivity contribution in [1.29, 1.82) is 0 Å². The van der Waals surface area contributed by atoms with Gasteiger partial charge in [-0.05, 0) is 63.7 Å². The lowest BCUT2D eigenvalue weighted by molar-refractivity contribution is 0.628. The third-order valence-electron chi connectivity index (χ3n) is 7.46. The summed E-state index contributed by atoms with van der Waals surface area (Å²) in [5.74, 6) is 0. The number of pyridine rings is 1. The molecule has 0 N–H and O–H groups in total. The monoisotopic (exact) mass is 436 g/mol. The number of rotatable bonds is 2. The van der Waals surface area contributed by atoms with Crippen LogP contribution in [0.2, 0.25) is 0 Å². The van der Waals surface area contributed by atoms with Gasteiger partial charge in [-0.1, -0.05) is 80.6 Å². The maximum atomic E-state index is 4.52. The second kappa shape index (κ2) is 6.91. The summed E-state index contributed by atoms with van der Waals surface area (Å²) in [6.07, 6.45) is 3.94. The highest BCUT2D eigenvalue weighted by Crippen LogP contribution is 2.49. The van der Waals surface area contributed by atoms with Gasteiger partial charge < -0.3 is 4.57 Å². The summed E-state index contributed by atoms with van der Waals surface area (Å²) in [5, 5.41) is 2.58. The lowest BCUT2D eigenvalue weighted by Gasteiger charge is -2.34. The largest absolute Gasteiger partial charge is 0.307 e. The van der Waals surface area contributed by atoms with Gasteiger partial charge in [-0.25, -0.2) is 0 Å². The van der Waals surface area contributed by atoms with E-state index in [-0.39, 0.29) is 5.41 Å². The van der Waals surface area contributed by atoms with Crippen LogP contribution in [0.15, 0.2) is 109 Å². The Morgan fingerprint density at radius 3 is 2.03 bits per heavy atom. The van der Waals surface area contributed by atoms with Crippen molar-refractivity contribution in [3.05, 3.63) is 121 Å². The molecule has 7 rings (SSSR count). The second-order valence-corrected chi connectivity index (χ2v) is 9.74. The molecule has 0 bridgehead atoms.